The molecule has 0 aliphatic carbocycles. The van der Waals surface area contributed by atoms with Crippen LogP contribution in [0.3, 0.4) is 0 Å². The highest BCUT2D eigenvalue weighted by Gasteiger charge is 1.26. The first-order valence-corrected chi connectivity index (χ1v) is 1.73. The number of rotatable bonds is 0. The first-order chi connectivity index (χ1) is 2.91. The van der Waals surface area contributed by atoms with Crippen molar-refractivity contribution in [3.8, 4) is 0 Å². The van der Waals surface area contributed by atoms with E-state index in [1.54, 1.807) is 22.1 Å². The first kappa shape index (κ1) is 9.12. The molecule has 0 aromatic carbocycles. The largest absolute Gasteiger partial charge is 0.279 e. The third-order valence-electron chi connectivity index (χ3n) is 0.144. The molecule has 0 aromatic rings. The van der Waals surface area contributed by atoms with Crippen molar-refractivity contribution in [3.63, 3.8) is 0 Å². The van der Waals surface area contributed by atoms with E-state index >= 15 is 0 Å². The van der Waals surface area contributed by atoms with Crippen molar-refractivity contribution < 1.29 is 4.57 Å². The van der Waals surface area contributed by atoms with Gasteiger partial charge in [-0.2, -0.15) is 0 Å². The molecular formula is C3H6NOP. The van der Waals surface area contributed by atoms with E-state index in [4.69, 9.17) is 9.97 Å². The molecule has 0 atom stereocenters. The molecule has 0 saturated carbocycles. The van der Waals surface area contributed by atoms with Crippen molar-refractivity contribution in [2.45, 2.75) is 6.92 Å². The second kappa shape index (κ2) is 23.9. The predicted octanol–water partition coefficient (Wildman–Crippen LogP) is 1.29. The van der Waals surface area contributed by atoms with Crippen LogP contribution in [0.25, 0.3) is 0 Å². The van der Waals surface area contributed by atoms with Crippen LogP contribution >= 0.6 is 9.12 Å². The minimum absolute atomic E-state index is 1.54. The van der Waals surface area contributed by atoms with Gasteiger partial charge in [0, 0.05) is 0 Å². The summed E-state index contributed by atoms with van der Waals surface area (Å²) in [6.07, 6.45) is 1.54. The Morgan fingerprint density at radius 1 is 1.83 bits per heavy atom. The van der Waals surface area contributed by atoms with Crippen LogP contribution in [0.4, 0.5) is 0 Å². The van der Waals surface area contributed by atoms with Gasteiger partial charge in [-0.3, -0.25) is 9.97 Å². The lowest BCUT2D eigenvalue weighted by Crippen LogP contribution is -1.30. The maximum atomic E-state index is 8.06. The Labute approximate surface area is 39.0 Å². The van der Waals surface area contributed by atoms with E-state index < -0.39 is 0 Å². The average molecular weight is 103 g/mol. The van der Waals surface area contributed by atoms with Crippen LogP contribution in [0.15, 0.2) is 6.08 Å². The van der Waals surface area contributed by atoms with Crippen LogP contribution in [0.2, 0.25) is 0 Å². The van der Waals surface area contributed by atoms with Crippen molar-refractivity contribution in [2.75, 3.05) is 0 Å². The molecule has 0 aliphatic rings. The zero-order valence-electron chi connectivity index (χ0n) is 3.49. The molecule has 0 heterocycles. The molecule has 1 N–H and O–H groups in total. The average Bonchev–Trinajstić information content (AvgIpc) is 1.72. The van der Waals surface area contributed by atoms with Gasteiger partial charge in [-0.05, 0) is 18.9 Å². The zero-order chi connectivity index (χ0) is 5.41. The van der Waals surface area contributed by atoms with Gasteiger partial charge < -0.3 is 0 Å². The van der Waals surface area contributed by atoms with Crippen molar-refractivity contribution in [1.29, 1.82) is 5.41 Å². The summed E-state index contributed by atoms with van der Waals surface area (Å²) in [4.78, 5) is 0. The maximum Gasteiger partial charge on any atom is 0.138 e. The minimum Gasteiger partial charge on any atom is -0.279 e. The lowest BCUT2D eigenvalue weighted by atomic mass is 10.8. The Kier molecular flexibility index (Phi) is 36.3. The van der Waals surface area contributed by atoms with Gasteiger partial charge in [-0.25, -0.2) is 0 Å². The predicted molar refractivity (Wildman–Crippen MR) is 27.0 cm³/mol. The minimum atomic E-state index is 1.54. The Morgan fingerprint density at radius 3 is 2.00 bits per heavy atom. The molecule has 0 unspecified atom stereocenters. The number of hydrogen-bond donors (Lipinski definition) is 1. The highest BCUT2D eigenvalue weighted by Crippen LogP contribution is 1.37. The molecule has 6 heavy (non-hydrogen) atoms. The summed E-state index contributed by atoms with van der Waals surface area (Å²) in [6, 6.07) is 0. The van der Waals surface area contributed by atoms with Gasteiger partial charge in [0.05, 0.1) is 0 Å². The summed E-state index contributed by atoms with van der Waals surface area (Å²) in [5, 5.41) is 6.15. The van der Waals surface area contributed by atoms with Gasteiger partial charge in [0.2, 0.25) is 0 Å². The van der Waals surface area contributed by atoms with Gasteiger partial charge >= 0.3 is 0 Å². The Morgan fingerprint density at radius 2 is 2.00 bits per heavy atom. The number of hydrogen-bond acceptors (Lipinski definition) is 2. The topological polar surface area (TPSA) is 40.9 Å². The summed E-state index contributed by atoms with van der Waals surface area (Å²) < 4.78 is 8.06. The molecule has 0 fully saturated rings. The summed E-state index contributed by atoms with van der Waals surface area (Å²) >= 11 is 0. The number of allylic oxidation sites excluding steroid dienone is 1. The molecule has 0 aromatic heterocycles. The molecule has 2 nitrogen and oxygen atoms in total. The van der Waals surface area contributed by atoms with Crippen LogP contribution in [-0.2, 0) is 4.57 Å². The number of nitrogens with one attached hydrogen (secondary N) is 1. The molecule has 0 bridgehead atoms. The van der Waals surface area contributed by atoms with Crippen molar-refractivity contribution >= 4 is 15.0 Å². The van der Waals surface area contributed by atoms with E-state index in [0.29, 0.717) is 0 Å². The summed E-state index contributed by atoms with van der Waals surface area (Å²) in [6.45, 7) is 1.76. The second-order valence-electron chi connectivity index (χ2n) is 0.433. The fourth-order valence-electron chi connectivity index (χ4n) is 0. The zero-order valence-corrected chi connectivity index (χ0v) is 4.49. The molecular weight excluding hydrogens is 97.0 g/mol. The van der Waals surface area contributed by atoms with Gasteiger partial charge in [-0.15, -0.1) is 0 Å². The molecule has 34 valence electrons. The molecule has 3 heteroatoms. The van der Waals surface area contributed by atoms with E-state index in [-0.39, 0.29) is 0 Å². The highest BCUT2D eigenvalue weighted by molar-refractivity contribution is 7.00. The first-order valence-electron chi connectivity index (χ1n) is 1.32. The quantitative estimate of drug-likeness (QED) is 0.364. The van der Waals surface area contributed by atoms with Crippen LogP contribution in [0.5, 0.6) is 0 Å². The van der Waals surface area contributed by atoms with Crippen LogP contribution in [-0.4, -0.2) is 5.87 Å². The van der Waals surface area contributed by atoms with Gasteiger partial charge in [0.25, 0.3) is 0 Å². The van der Waals surface area contributed by atoms with E-state index in [1.807, 2.05) is 0 Å². The highest BCUT2D eigenvalue weighted by atomic mass is 31.0. The van der Waals surface area contributed by atoms with Crippen LogP contribution in [0, 0.1) is 5.41 Å². The summed E-state index contributed by atoms with van der Waals surface area (Å²) in [5.41, 5.74) is 0. The molecule has 0 radical (unpaired) electrons. The lowest BCUT2D eigenvalue weighted by Gasteiger charge is -1.36. The van der Waals surface area contributed by atoms with E-state index in [9.17, 15) is 0 Å². The van der Waals surface area contributed by atoms with Crippen LogP contribution < -0.4 is 0 Å². The Bertz CT molecular complexity index is 57.8. The van der Waals surface area contributed by atoms with E-state index in [0.717, 1.165) is 0 Å². The second-order valence-corrected chi connectivity index (χ2v) is 0.433. The Balaban J connectivity index is 0. The van der Waals surface area contributed by atoms with E-state index in [1.165, 1.54) is 0 Å². The van der Waals surface area contributed by atoms with Crippen molar-refractivity contribution in [1.82, 2.24) is 0 Å². The molecule has 0 amide bonds. The Hall–Kier alpha value is -0.450. The maximum absolute atomic E-state index is 8.06. The van der Waals surface area contributed by atoms with Crippen LogP contribution in [0.1, 0.15) is 6.92 Å². The van der Waals surface area contributed by atoms with Gasteiger partial charge in [-0.1, -0.05) is 0 Å². The third kappa shape index (κ3) is 76.3. The fourth-order valence-corrected chi connectivity index (χ4v) is 0. The normalized spacial score (nSPS) is 3.50. The fraction of sp³-hybridized carbons (Fsp3) is 0.333. The van der Waals surface area contributed by atoms with Gasteiger partial charge in [0.1, 0.15) is 9.12 Å². The molecule has 0 aliphatic heterocycles. The SMILES string of the molecule is CC=C=N.O=P. The van der Waals surface area contributed by atoms with Gasteiger partial charge in [0.15, 0.2) is 0 Å². The van der Waals surface area contributed by atoms with Crippen molar-refractivity contribution in [2.24, 2.45) is 0 Å². The molecule has 0 rings (SSSR count). The molecule has 0 spiro atoms. The van der Waals surface area contributed by atoms with Crippen molar-refractivity contribution in [3.05, 3.63) is 6.08 Å². The standard InChI is InChI=1S/C3H5N.HOP/c1-2-3-4;1-2/h2,4H,1H3;2H. The monoisotopic (exact) mass is 103 g/mol. The summed E-state index contributed by atoms with van der Waals surface area (Å²) in [7, 11) is 1.72. The lowest BCUT2D eigenvalue weighted by molar-refractivity contribution is 0.607. The third-order valence-corrected chi connectivity index (χ3v) is 0.144. The summed E-state index contributed by atoms with van der Waals surface area (Å²) in [5.74, 6) is 2.06. The smallest absolute Gasteiger partial charge is 0.138 e. The molecule has 0 saturated heterocycles. The van der Waals surface area contributed by atoms with E-state index in [2.05, 4.69) is 5.87 Å².